The van der Waals surface area contributed by atoms with Gasteiger partial charge >= 0.3 is 11.9 Å². The standard InChI is InChI=1S/C8H12O6/c1-8(2,3)4(6(9)10)5(14-13)7(11)12/h13H,1-3H3,(H,9,10)(H,11,12). The van der Waals surface area contributed by atoms with Crippen LogP contribution in [0.5, 0.6) is 0 Å². The van der Waals surface area contributed by atoms with Crippen LogP contribution < -0.4 is 0 Å². The average molecular weight is 204 g/mol. The summed E-state index contributed by atoms with van der Waals surface area (Å²) in [6.07, 6.45) is 0. The zero-order chi connectivity index (χ0) is 11.5. The van der Waals surface area contributed by atoms with Crippen LogP contribution in [0.4, 0.5) is 0 Å². The largest absolute Gasteiger partial charge is 0.478 e. The predicted octanol–water partition coefficient (Wildman–Crippen LogP) is 0.945. The van der Waals surface area contributed by atoms with Crippen LogP contribution in [0.3, 0.4) is 0 Å². The SMILES string of the molecule is CC(C)(C)C(C(=O)O)=C(OO)C(=O)O. The smallest absolute Gasteiger partial charge is 0.375 e. The van der Waals surface area contributed by atoms with Crippen molar-refractivity contribution in [2.24, 2.45) is 5.41 Å². The van der Waals surface area contributed by atoms with Crippen molar-refractivity contribution in [2.45, 2.75) is 20.8 Å². The van der Waals surface area contributed by atoms with Gasteiger partial charge in [0, 0.05) is 0 Å². The first-order valence-electron chi connectivity index (χ1n) is 3.74. The van der Waals surface area contributed by atoms with Gasteiger partial charge in [0.2, 0.25) is 0 Å². The van der Waals surface area contributed by atoms with Crippen LogP contribution in [0, 0.1) is 5.41 Å². The van der Waals surface area contributed by atoms with Gasteiger partial charge in [0.05, 0.1) is 5.57 Å². The number of hydrogen-bond acceptors (Lipinski definition) is 4. The van der Waals surface area contributed by atoms with E-state index < -0.39 is 28.7 Å². The summed E-state index contributed by atoms with van der Waals surface area (Å²) in [7, 11) is 0. The highest BCUT2D eigenvalue weighted by molar-refractivity contribution is 5.98. The maximum atomic E-state index is 10.7. The number of aliphatic carboxylic acids is 2. The summed E-state index contributed by atoms with van der Waals surface area (Å²) in [4.78, 5) is 24.8. The highest BCUT2D eigenvalue weighted by atomic mass is 17.1. The Kier molecular flexibility index (Phi) is 3.64. The van der Waals surface area contributed by atoms with Gasteiger partial charge in [-0.25, -0.2) is 14.8 Å². The Morgan fingerprint density at radius 3 is 1.57 bits per heavy atom. The van der Waals surface area contributed by atoms with Crippen LogP contribution >= 0.6 is 0 Å². The molecule has 80 valence electrons. The lowest BCUT2D eigenvalue weighted by Gasteiger charge is -2.19. The summed E-state index contributed by atoms with van der Waals surface area (Å²) in [5.41, 5.74) is -1.44. The van der Waals surface area contributed by atoms with Crippen molar-refractivity contribution in [1.82, 2.24) is 0 Å². The van der Waals surface area contributed by atoms with Crippen molar-refractivity contribution in [3.63, 3.8) is 0 Å². The Bertz CT molecular complexity index is 283. The molecule has 0 saturated carbocycles. The summed E-state index contributed by atoms with van der Waals surface area (Å²) in [6.45, 7) is 4.50. The molecule has 0 fully saturated rings. The normalized spacial score (nSPS) is 13.1. The zero-order valence-electron chi connectivity index (χ0n) is 8.07. The van der Waals surface area contributed by atoms with Gasteiger partial charge in [-0.3, -0.25) is 0 Å². The lowest BCUT2D eigenvalue weighted by Crippen LogP contribution is -2.23. The zero-order valence-corrected chi connectivity index (χ0v) is 8.07. The number of rotatable bonds is 3. The van der Waals surface area contributed by atoms with E-state index in [1.54, 1.807) is 0 Å². The fraction of sp³-hybridized carbons (Fsp3) is 0.500. The monoisotopic (exact) mass is 204 g/mol. The molecule has 0 heterocycles. The number of carboxylic acids is 2. The van der Waals surface area contributed by atoms with Crippen LogP contribution in [0.1, 0.15) is 20.8 Å². The van der Waals surface area contributed by atoms with Gasteiger partial charge in [-0.15, -0.1) is 0 Å². The van der Waals surface area contributed by atoms with Gasteiger partial charge in [-0.2, -0.15) is 0 Å². The minimum atomic E-state index is -1.63. The Hall–Kier alpha value is -1.56. The molecule has 0 saturated heterocycles. The van der Waals surface area contributed by atoms with Crippen LogP contribution in [0.25, 0.3) is 0 Å². The third-order valence-corrected chi connectivity index (χ3v) is 1.48. The van der Waals surface area contributed by atoms with Crippen molar-refractivity contribution in [3.8, 4) is 0 Å². The number of hydrogen-bond donors (Lipinski definition) is 3. The first kappa shape index (κ1) is 12.4. The van der Waals surface area contributed by atoms with Crippen LogP contribution in [0.2, 0.25) is 0 Å². The summed E-state index contributed by atoms with van der Waals surface area (Å²) in [5, 5.41) is 25.6. The second-order valence-electron chi connectivity index (χ2n) is 3.66. The van der Waals surface area contributed by atoms with Crippen LogP contribution in [0.15, 0.2) is 11.3 Å². The first-order valence-corrected chi connectivity index (χ1v) is 3.74. The molecule has 0 amide bonds. The average Bonchev–Trinajstić information content (AvgIpc) is 1.95. The molecule has 0 unspecified atom stereocenters. The number of carboxylic acid groups (broad SMARTS) is 2. The van der Waals surface area contributed by atoms with Gasteiger partial charge in [0.1, 0.15) is 0 Å². The van der Waals surface area contributed by atoms with E-state index in [9.17, 15) is 9.59 Å². The van der Waals surface area contributed by atoms with Crippen molar-refractivity contribution >= 4 is 11.9 Å². The summed E-state index contributed by atoms with van der Waals surface area (Å²) in [6, 6.07) is 0. The Morgan fingerprint density at radius 1 is 1.07 bits per heavy atom. The molecule has 0 aliphatic heterocycles. The molecule has 0 aliphatic rings. The Balaban J connectivity index is 5.57. The molecule has 14 heavy (non-hydrogen) atoms. The fourth-order valence-corrected chi connectivity index (χ4v) is 0.950. The summed E-state index contributed by atoms with van der Waals surface area (Å²) < 4.78 is 0. The maximum absolute atomic E-state index is 10.7. The van der Waals surface area contributed by atoms with E-state index in [0.29, 0.717) is 0 Å². The van der Waals surface area contributed by atoms with E-state index in [1.807, 2.05) is 0 Å². The predicted molar refractivity (Wildman–Crippen MR) is 45.5 cm³/mol. The molecule has 0 radical (unpaired) electrons. The van der Waals surface area contributed by atoms with Crippen LogP contribution in [-0.2, 0) is 14.5 Å². The lowest BCUT2D eigenvalue weighted by molar-refractivity contribution is -0.212. The van der Waals surface area contributed by atoms with E-state index in [2.05, 4.69) is 4.89 Å². The van der Waals surface area contributed by atoms with E-state index in [0.717, 1.165) is 0 Å². The second kappa shape index (κ2) is 4.10. The third-order valence-electron chi connectivity index (χ3n) is 1.48. The van der Waals surface area contributed by atoms with Gasteiger partial charge in [0.25, 0.3) is 5.76 Å². The van der Waals surface area contributed by atoms with E-state index in [1.165, 1.54) is 20.8 Å². The van der Waals surface area contributed by atoms with Gasteiger partial charge in [-0.1, -0.05) is 20.8 Å². The molecule has 0 spiro atoms. The Morgan fingerprint density at radius 2 is 1.50 bits per heavy atom. The highest BCUT2D eigenvalue weighted by Crippen LogP contribution is 2.28. The molecule has 0 aliphatic carbocycles. The van der Waals surface area contributed by atoms with Crippen molar-refractivity contribution < 1.29 is 29.9 Å². The highest BCUT2D eigenvalue weighted by Gasteiger charge is 2.32. The minimum Gasteiger partial charge on any atom is -0.478 e. The first-order chi connectivity index (χ1) is 6.21. The van der Waals surface area contributed by atoms with Gasteiger partial charge < -0.3 is 15.1 Å². The molecule has 0 aromatic rings. The summed E-state index contributed by atoms with van der Waals surface area (Å²) in [5.74, 6) is -4.03. The lowest BCUT2D eigenvalue weighted by atomic mass is 9.85. The van der Waals surface area contributed by atoms with E-state index in [-0.39, 0.29) is 0 Å². The quantitative estimate of drug-likeness (QED) is 0.273. The summed E-state index contributed by atoms with van der Waals surface area (Å²) >= 11 is 0. The molecule has 0 atom stereocenters. The van der Waals surface area contributed by atoms with Crippen LogP contribution in [-0.4, -0.2) is 27.4 Å². The molecule has 0 rings (SSSR count). The molecule has 6 nitrogen and oxygen atoms in total. The van der Waals surface area contributed by atoms with Crippen molar-refractivity contribution in [3.05, 3.63) is 11.3 Å². The van der Waals surface area contributed by atoms with E-state index >= 15 is 0 Å². The molecular formula is C8H12O6. The topological polar surface area (TPSA) is 104 Å². The van der Waals surface area contributed by atoms with Crippen molar-refractivity contribution in [2.75, 3.05) is 0 Å². The molecule has 0 bridgehead atoms. The third kappa shape index (κ3) is 2.74. The Labute approximate surface area is 80.4 Å². The molecule has 0 aromatic carbocycles. The maximum Gasteiger partial charge on any atom is 0.375 e. The number of carbonyl (C=O) groups is 2. The second-order valence-corrected chi connectivity index (χ2v) is 3.66. The molecule has 0 aromatic heterocycles. The molecular weight excluding hydrogens is 192 g/mol. The van der Waals surface area contributed by atoms with Gasteiger partial charge in [0.15, 0.2) is 0 Å². The fourth-order valence-electron chi connectivity index (χ4n) is 0.950. The van der Waals surface area contributed by atoms with E-state index in [4.69, 9.17) is 15.5 Å². The molecule has 3 N–H and O–H groups in total. The van der Waals surface area contributed by atoms with Gasteiger partial charge in [-0.05, 0) is 5.41 Å². The molecule has 6 heteroatoms. The van der Waals surface area contributed by atoms with Crippen molar-refractivity contribution in [1.29, 1.82) is 0 Å². The minimum absolute atomic E-state index is 0.493.